The normalized spacial score (nSPS) is 17.1. The van der Waals surface area contributed by atoms with Crippen LogP contribution in [-0.4, -0.2) is 42.5 Å². The van der Waals surface area contributed by atoms with E-state index in [4.69, 9.17) is 4.74 Å². The van der Waals surface area contributed by atoms with Gasteiger partial charge in [0.2, 0.25) is 0 Å². The molecule has 4 rings (SSSR count). The van der Waals surface area contributed by atoms with Gasteiger partial charge in [0.15, 0.2) is 6.61 Å². The zero-order valence-corrected chi connectivity index (χ0v) is 15.3. The number of amides is 2. The van der Waals surface area contributed by atoms with Crippen molar-refractivity contribution in [2.24, 2.45) is 0 Å². The lowest BCUT2D eigenvalue weighted by Gasteiger charge is -2.31. The fourth-order valence-electron chi connectivity index (χ4n) is 3.67. The fraction of sp³-hybridized carbons (Fsp3) is 0.333. The first-order valence-corrected chi connectivity index (χ1v) is 9.25. The van der Waals surface area contributed by atoms with Gasteiger partial charge in [-0.25, -0.2) is 0 Å². The summed E-state index contributed by atoms with van der Waals surface area (Å²) in [6, 6.07) is 13.6. The van der Waals surface area contributed by atoms with Crippen molar-refractivity contribution in [3.63, 3.8) is 0 Å². The van der Waals surface area contributed by atoms with E-state index in [0.29, 0.717) is 17.0 Å². The second-order valence-corrected chi connectivity index (χ2v) is 7.18. The Kier molecular flexibility index (Phi) is 4.81. The van der Waals surface area contributed by atoms with Crippen molar-refractivity contribution in [1.82, 2.24) is 10.2 Å². The van der Waals surface area contributed by atoms with E-state index in [1.807, 2.05) is 6.92 Å². The summed E-state index contributed by atoms with van der Waals surface area (Å²) < 4.78 is 5.39. The third-order valence-corrected chi connectivity index (χ3v) is 5.00. The van der Waals surface area contributed by atoms with Crippen LogP contribution in [0.15, 0.2) is 42.5 Å². The lowest BCUT2D eigenvalue weighted by molar-refractivity contribution is -0.118. The van der Waals surface area contributed by atoms with Crippen LogP contribution < -0.4 is 15.4 Å². The predicted molar refractivity (Wildman–Crippen MR) is 103 cm³/mol. The molecule has 27 heavy (non-hydrogen) atoms. The summed E-state index contributed by atoms with van der Waals surface area (Å²) in [5, 5.41) is 5.79. The number of rotatable bonds is 4. The zero-order valence-electron chi connectivity index (χ0n) is 15.3. The molecule has 0 spiro atoms. The van der Waals surface area contributed by atoms with Gasteiger partial charge >= 0.3 is 0 Å². The minimum Gasteiger partial charge on any atom is -0.482 e. The molecule has 2 aliphatic rings. The molecule has 0 fully saturated rings. The number of nitrogens with one attached hydrogen (secondary N) is 2. The molecule has 0 saturated carbocycles. The number of hydrogen-bond acceptors (Lipinski definition) is 4. The summed E-state index contributed by atoms with van der Waals surface area (Å²) in [7, 11) is 0. The molecule has 1 atom stereocenters. The monoisotopic (exact) mass is 365 g/mol. The Labute approximate surface area is 158 Å². The van der Waals surface area contributed by atoms with Crippen LogP contribution in [0.4, 0.5) is 5.69 Å². The van der Waals surface area contributed by atoms with Crippen molar-refractivity contribution in [2.45, 2.75) is 25.9 Å². The maximum absolute atomic E-state index is 12.6. The Morgan fingerprint density at radius 2 is 2.07 bits per heavy atom. The molecule has 2 aromatic carbocycles. The molecule has 140 valence electrons. The topological polar surface area (TPSA) is 70.7 Å². The Hall–Kier alpha value is -2.86. The smallest absolute Gasteiger partial charge is 0.262 e. The highest BCUT2D eigenvalue weighted by Crippen LogP contribution is 2.28. The van der Waals surface area contributed by atoms with Gasteiger partial charge in [-0.3, -0.25) is 14.5 Å². The number of hydrogen-bond donors (Lipinski definition) is 2. The van der Waals surface area contributed by atoms with Crippen LogP contribution in [0.5, 0.6) is 5.75 Å². The van der Waals surface area contributed by atoms with Gasteiger partial charge in [-0.1, -0.05) is 24.3 Å². The number of nitrogens with zero attached hydrogens (tertiary/aromatic N) is 1. The molecule has 0 aliphatic carbocycles. The molecular formula is C21H23N3O3. The van der Waals surface area contributed by atoms with Gasteiger partial charge in [-0.2, -0.15) is 0 Å². The highest BCUT2D eigenvalue weighted by molar-refractivity contribution is 5.99. The number of carbonyl (C=O) groups excluding carboxylic acids is 2. The van der Waals surface area contributed by atoms with E-state index in [0.717, 1.165) is 26.1 Å². The van der Waals surface area contributed by atoms with E-state index >= 15 is 0 Å². The molecule has 2 amide bonds. The van der Waals surface area contributed by atoms with E-state index in [2.05, 4.69) is 39.8 Å². The minimum absolute atomic E-state index is 0.0229. The third kappa shape index (κ3) is 3.95. The summed E-state index contributed by atoms with van der Waals surface area (Å²) in [5.74, 6) is 0.210. The van der Waals surface area contributed by atoms with E-state index in [1.165, 1.54) is 11.1 Å². The molecule has 0 bridgehead atoms. The summed E-state index contributed by atoms with van der Waals surface area (Å²) in [6.07, 6.45) is 1.05. The van der Waals surface area contributed by atoms with Crippen molar-refractivity contribution in [2.75, 3.05) is 25.0 Å². The maximum atomic E-state index is 12.6. The van der Waals surface area contributed by atoms with Gasteiger partial charge in [0, 0.05) is 31.2 Å². The summed E-state index contributed by atoms with van der Waals surface area (Å²) in [6.45, 7) is 4.72. The van der Waals surface area contributed by atoms with E-state index in [9.17, 15) is 9.59 Å². The first-order chi connectivity index (χ1) is 13.1. The fourth-order valence-corrected chi connectivity index (χ4v) is 3.67. The van der Waals surface area contributed by atoms with Crippen molar-refractivity contribution in [3.8, 4) is 5.75 Å². The molecule has 2 N–H and O–H groups in total. The van der Waals surface area contributed by atoms with Gasteiger partial charge in [0.1, 0.15) is 5.75 Å². The lowest BCUT2D eigenvalue weighted by atomic mass is 9.99. The number of anilines is 1. The molecule has 6 heteroatoms. The van der Waals surface area contributed by atoms with Gasteiger partial charge in [-0.15, -0.1) is 0 Å². The Morgan fingerprint density at radius 3 is 2.93 bits per heavy atom. The predicted octanol–water partition coefficient (Wildman–Crippen LogP) is 2.19. The lowest BCUT2D eigenvalue weighted by Crippen LogP contribution is -2.43. The average molecular weight is 365 g/mol. The van der Waals surface area contributed by atoms with Crippen LogP contribution in [0.1, 0.15) is 28.4 Å². The second-order valence-electron chi connectivity index (χ2n) is 7.18. The van der Waals surface area contributed by atoms with Crippen LogP contribution >= 0.6 is 0 Å². The molecule has 2 aliphatic heterocycles. The van der Waals surface area contributed by atoms with Crippen LogP contribution in [0, 0.1) is 0 Å². The van der Waals surface area contributed by atoms with Crippen molar-refractivity contribution in [1.29, 1.82) is 0 Å². The van der Waals surface area contributed by atoms with Crippen molar-refractivity contribution >= 4 is 17.5 Å². The Balaban J connectivity index is 1.35. The summed E-state index contributed by atoms with van der Waals surface area (Å²) >= 11 is 0. The van der Waals surface area contributed by atoms with E-state index in [1.54, 1.807) is 18.2 Å². The summed E-state index contributed by atoms with van der Waals surface area (Å²) in [4.78, 5) is 26.3. The largest absolute Gasteiger partial charge is 0.482 e. The maximum Gasteiger partial charge on any atom is 0.262 e. The number of carbonyl (C=O) groups is 2. The molecular weight excluding hydrogens is 342 g/mol. The van der Waals surface area contributed by atoms with Crippen LogP contribution in [0.2, 0.25) is 0 Å². The SMILES string of the molecule is CC(CN1CCc2ccccc2C1)NC(=O)c1ccc2c(c1)OCC(=O)N2. The molecule has 2 heterocycles. The van der Waals surface area contributed by atoms with Gasteiger partial charge in [-0.05, 0) is 42.7 Å². The minimum atomic E-state index is -0.184. The first kappa shape index (κ1) is 17.5. The number of benzene rings is 2. The van der Waals surface area contributed by atoms with E-state index < -0.39 is 0 Å². The van der Waals surface area contributed by atoms with E-state index in [-0.39, 0.29) is 24.5 Å². The third-order valence-electron chi connectivity index (χ3n) is 5.00. The number of fused-ring (bicyclic) bond motifs is 2. The van der Waals surface area contributed by atoms with Crippen molar-refractivity contribution in [3.05, 3.63) is 59.2 Å². The van der Waals surface area contributed by atoms with Crippen LogP contribution in [0.3, 0.4) is 0 Å². The number of ether oxygens (including phenoxy) is 1. The zero-order chi connectivity index (χ0) is 18.8. The average Bonchev–Trinajstić information content (AvgIpc) is 2.67. The molecule has 6 nitrogen and oxygen atoms in total. The van der Waals surface area contributed by atoms with Crippen LogP contribution in [-0.2, 0) is 17.8 Å². The summed E-state index contributed by atoms with van der Waals surface area (Å²) in [5.41, 5.74) is 3.92. The molecule has 0 aromatic heterocycles. The highest BCUT2D eigenvalue weighted by atomic mass is 16.5. The Morgan fingerprint density at radius 1 is 1.26 bits per heavy atom. The van der Waals surface area contributed by atoms with Gasteiger partial charge in [0.25, 0.3) is 11.8 Å². The second kappa shape index (κ2) is 7.40. The van der Waals surface area contributed by atoms with Crippen LogP contribution in [0.25, 0.3) is 0 Å². The molecule has 1 unspecified atom stereocenters. The molecule has 0 radical (unpaired) electrons. The quantitative estimate of drug-likeness (QED) is 0.871. The van der Waals surface area contributed by atoms with Gasteiger partial charge < -0.3 is 15.4 Å². The van der Waals surface area contributed by atoms with Crippen molar-refractivity contribution < 1.29 is 14.3 Å². The standard InChI is InChI=1S/C21H23N3O3/c1-14(11-24-9-8-15-4-2-3-5-17(15)12-24)22-21(26)16-6-7-18-19(10-16)27-13-20(25)23-18/h2-7,10,14H,8-9,11-13H2,1H3,(H,22,26)(H,23,25). The first-order valence-electron chi connectivity index (χ1n) is 9.25. The van der Waals surface area contributed by atoms with Gasteiger partial charge in [0.05, 0.1) is 5.69 Å². The molecule has 0 saturated heterocycles. The Bertz CT molecular complexity index is 881. The highest BCUT2D eigenvalue weighted by Gasteiger charge is 2.21. The molecule has 2 aromatic rings.